The molecule has 0 bridgehead atoms. The van der Waals surface area contributed by atoms with Gasteiger partial charge in [-0.3, -0.25) is 4.79 Å². The Labute approximate surface area is 173 Å². The van der Waals surface area contributed by atoms with E-state index in [1.165, 1.54) is 6.42 Å². The summed E-state index contributed by atoms with van der Waals surface area (Å²) >= 11 is 6.24. The summed E-state index contributed by atoms with van der Waals surface area (Å²) in [7, 11) is 1.96. The monoisotopic (exact) mass is 404 g/mol. The number of hydrogen-bond acceptors (Lipinski definition) is 3. The van der Waals surface area contributed by atoms with E-state index < -0.39 is 0 Å². The van der Waals surface area contributed by atoms with E-state index in [-0.39, 0.29) is 5.91 Å². The number of piperidine rings is 1. The maximum absolute atomic E-state index is 13.5. The molecule has 1 saturated heterocycles. The van der Waals surface area contributed by atoms with Crippen molar-refractivity contribution in [2.24, 2.45) is 7.05 Å². The van der Waals surface area contributed by atoms with Gasteiger partial charge in [-0.25, -0.2) is 9.97 Å². The van der Waals surface area contributed by atoms with Gasteiger partial charge in [-0.05, 0) is 31.4 Å². The zero-order chi connectivity index (χ0) is 20.0. The summed E-state index contributed by atoms with van der Waals surface area (Å²) in [5.41, 5.74) is 3.06. The number of hydrogen-bond donors (Lipinski definition) is 0. The van der Waals surface area contributed by atoms with Gasteiger partial charge in [-0.15, -0.1) is 0 Å². The zero-order valence-corrected chi connectivity index (χ0v) is 17.0. The van der Waals surface area contributed by atoms with E-state index in [2.05, 4.69) is 0 Å². The molecule has 0 radical (unpaired) electrons. The molecule has 2 aromatic heterocycles. The van der Waals surface area contributed by atoms with Crippen LogP contribution in [0.15, 0.2) is 48.5 Å². The Morgan fingerprint density at radius 3 is 2.52 bits per heavy atom. The largest absolute Gasteiger partial charge is 0.337 e. The lowest BCUT2D eigenvalue weighted by Crippen LogP contribution is -2.36. The van der Waals surface area contributed by atoms with Crippen molar-refractivity contribution in [3.8, 4) is 11.4 Å². The average molecular weight is 405 g/mol. The molecular weight excluding hydrogens is 384 g/mol. The number of benzene rings is 2. The summed E-state index contributed by atoms with van der Waals surface area (Å²) in [6.07, 6.45) is 3.25. The van der Waals surface area contributed by atoms with E-state index in [0.717, 1.165) is 53.4 Å². The average Bonchev–Trinajstić information content (AvgIpc) is 3.05. The highest BCUT2D eigenvalue weighted by atomic mass is 35.5. The molecule has 1 fully saturated rings. The number of carbonyl (C=O) groups excluding carboxylic acids is 1. The molecule has 1 amide bonds. The molecule has 0 aliphatic carbocycles. The smallest absolute Gasteiger partial charge is 0.273 e. The fourth-order valence-corrected chi connectivity index (χ4v) is 4.33. The van der Waals surface area contributed by atoms with Crippen LogP contribution in [0.5, 0.6) is 0 Å². The predicted octanol–water partition coefficient (Wildman–Crippen LogP) is 5.07. The van der Waals surface area contributed by atoms with Gasteiger partial charge in [-0.2, -0.15) is 0 Å². The molecule has 3 heterocycles. The number of aromatic nitrogens is 3. The first kappa shape index (κ1) is 18.1. The molecule has 1 aliphatic rings. The van der Waals surface area contributed by atoms with E-state index in [1.807, 2.05) is 65.0 Å². The summed E-state index contributed by atoms with van der Waals surface area (Å²) in [5.74, 6) is 0.548. The lowest BCUT2D eigenvalue weighted by Gasteiger charge is -2.26. The molecule has 0 unspecified atom stereocenters. The minimum absolute atomic E-state index is 0.0169. The third kappa shape index (κ3) is 3.06. The van der Waals surface area contributed by atoms with Crippen LogP contribution in [0, 0.1) is 0 Å². The standard InChI is InChI=1S/C23H21ClN4O/c1-27-18-14-16(24)10-11-17(18)19-20(23(29)28-12-6-3-7-13-28)25-21(26-22(19)27)15-8-4-2-5-9-15/h2,4-5,8-11,14H,3,6-7,12-13H2,1H3. The summed E-state index contributed by atoms with van der Waals surface area (Å²) in [5, 5.41) is 2.41. The number of nitrogens with zero attached hydrogens (tertiary/aromatic N) is 4. The minimum atomic E-state index is -0.0169. The summed E-state index contributed by atoms with van der Waals surface area (Å²) in [6.45, 7) is 1.56. The molecule has 6 heteroatoms. The van der Waals surface area contributed by atoms with E-state index in [0.29, 0.717) is 16.5 Å². The number of fused-ring (bicyclic) bond motifs is 3. The first-order valence-corrected chi connectivity index (χ1v) is 10.3. The fraction of sp³-hybridized carbons (Fsp3) is 0.261. The predicted molar refractivity (Wildman–Crippen MR) is 116 cm³/mol. The minimum Gasteiger partial charge on any atom is -0.337 e. The molecule has 5 rings (SSSR count). The molecule has 1 aliphatic heterocycles. The molecule has 0 saturated carbocycles. The Morgan fingerprint density at radius 2 is 1.76 bits per heavy atom. The highest BCUT2D eigenvalue weighted by Crippen LogP contribution is 2.33. The summed E-state index contributed by atoms with van der Waals surface area (Å²) in [4.78, 5) is 25.1. The topological polar surface area (TPSA) is 51.0 Å². The molecule has 29 heavy (non-hydrogen) atoms. The fourth-order valence-electron chi connectivity index (χ4n) is 4.17. The highest BCUT2D eigenvalue weighted by Gasteiger charge is 2.26. The van der Waals surface area contributed by atoms with Crippen LogP contribution >= 0.6 is 11.6 Å². The van der Waals surface area contributed by atoms with Crippen LogP contribution in [0.4, 0.5) is 0 Å². The molecule has 146 valence electrons. The Kier molecular flexibility index (Phi) is 4.47. The first-order chi connectivity index (χ1) is 14.1. The number of halogens is 1. The van der Waals surface area contributed by atoms with Crippen LogP contribution in [0.25, 0.3) is 33.3 Å². The SMILES string of the molecule is Cn1c2cc(Cl)ccc2c2c(C(=O)N3CCCCC3)nc(-c3ccccc3)nc21. The quantitative estimate of drug-likeness (QED) is 0.468. The second kappa shape index (κ2) is 7.16. The number of amides is 1. The van der Waals surface area contributed by atoms with Crippen molar-refractivity contribution in [3.63, 3.8) is 0 Å². The maximum atomic E-state index is 13.5. The van der Waals surface area contributed by atoms with Crippen molar-refractivity contribution >= 4 is 39.4 Å². The first-order valence-electron chi connectivity index (χ1n) is 9.94. The molecular formula is C23H21ClN4O. The third-order valence-electron chi connectivity index (χ3n) is 5.68. The van der Waals surface area contributed by atoms with Crippen LogP contribution in [-0.2, 0) is 7.05 Å². The third-order valence-corrected chi connectivity index (χ3v) is 5.91. The van der Waals surface area contributed by atoms with Crippen molar-refractivity contribution in [3.05, 3.63) is 59.2 Å². The van der Waals surface area contributed by atoms with Crippen molar-refractivity contribution in [2.45, 2.75) is 19.3 Å². The molecule has 4 aromatic rings. The molecule has 0 atom stereocenters. The summed E-state index contributed by atoms with van der Waals surface area (Å²) in [6, 6.07) is 15.5. The van der Waals surface area contributed by atoms with E-state index in [9.17, 15) is 4.79 Å². The van der Waals surface area contributed by atoms with Crippen molar-refractivity contribution < 1.29 is 4.79 Å². The highest BCUT2D eigenvalue weighted by molar-refractivity contribution is 6.31. The Balaban J connectivity index is 1.81. The van der Waals surface area contributed by atoms with Crippen molar-refractivity contribution in [2.75, 3.05) is 13.1 Å². The van der Waals surface area contributed by atoms with Crippen LogP contribution in [0.3, 0.4) is 0 Å². The zero-order valence-electron chi connectivity index (χ0n) is 16.2. The van der Waals surface area contributed by atoms with Gasteiger partial charge in [0.05, 0.1) is 10.9 Å². The van der Waals surface area contributed by atoms with E-state index in [4.69, 9.17) is 21.6 Å². The number of carbonyl (C=O) groups is 1. The Morgan fingerprint density at radius 1 is 1.00 bits per heavy atom. The Hall–Kier alpha value is -2.92. The number of likely N-dealkylation sites (tertiary alicyclic amines) is 1. The van der Waals surface area contributed by atoms with Crippen LogP contribution < -0.4 is 0 Å². The summed E-state index contributed by atoms with van der Waals surface area (Å²) < 4.78 is 2.00. The van der Waals surface area contributed by atoms with Gasteiger partial charge in [0.1, 0.15) is 11.3 Å². The molecule has 0 spiro atoms. The molecule has 5 nitrogen and oxygen atoms in total. The second-order valence-electron chi connectivity index (χ2n) is 7.53. The number of rotatable bonds is 2. The lowest BCUT2D eigenvalue weighted by molar-refractivity contribution is 0.0720. The Bertz CT molecular complexity index is 1230. The van der Waals surface area contributed by atoms with Crippen LogP contribution in [0.1, 0.15) is 29.8 Å². The second-order valence-corrected chi connectivity index (χ2v) is 7.97. The van der Waals surface area contributed by atoms with E-state index in [1.54, 1.807) is 0 Å². The normalized spacial score (nSPS) is 14.6. The van der Waals surface area contributed by atoms with Crippen molar-refractivity contribution in [1.82, 2.24) is 19.4 Å². The lowest BCUT2D eigenvalue weighted by atomic mass is 10.1. The van der Waals surface area contributed by atoms with Gasteiger partial charge in [0.25, 0.3) is 5.91 Å². The van der Waals surface area contributed by atoms with E-state index >= 15 is 0 Å². The van der Waals surface area contributed by atoms with Gasteiger partial charge in [0, 0.05) is 36.1 Å². The molecule has 0 N–H and O–H groups in total. The number of aryl methyl sites for hydroxylation is 1. The van der Waals surface area contributed by atoms with Gasteiger partial charge in [0.2, 0.25) is 0 Å². The van der Waals surface area contributed by atoms with Crippen LogP contribution in [0.2, 0.25) is 5.02 Å². The maximum Gasteiger partial charge on any atom is 0.273 e. The van der Waals surface area contributed by atoms with Gasteiger partial charge < -0.3 is 9.47 Å². The van der Waals surface area contributed by atoms with Crippen LogP contribution in [-0.4, -0.2) is 38.4 Å². The van der Waals surface area contributed by atoms with Gasteiger partial charge >= 0.3 is 0 Å². The van der Waals surface area contributed by atoms with Gasteiger partial charge in [-0.1, -0.05) is 48.0 Å². The van der Waals surface area contributed by atoms with Gasteiger partial charge in [0.15, 0.2) is 5.82 Å². The molecule has 2 aromatic carbocycles. The van der Waals surface area contributed by atoms with Crippen molar-refractivity contribution in [1.29, 1.82) is 0 Å².